The van der Waals surface area contributed by atoms with Gasteiger partial charge in [-0.1, -0.05) is 47.4 Å². The molecular weight excluding hydrogens is 238 g/mol. The molecule has 0 heterocycles. The third-order valence-corrected chi connectivity index (χ3v) is 3.83. The van der Waals surface area contributed by atoms with Crippen molar-refractivity contribution in [3.8, 4) is 0 Å². The van der Waals surface area contributed by atoms with E-state index in [9.17, 15) is 0 Å². The minimum Gasteiger partial charge on any atom is -0.254 e. The highest BCUT2D eigenvalue weighted by molar-refractivity contribution is 7.96. The monoisotopic (exact) mass is 263 g/mol. The van der Waals surface area contributed by atoms with Crippen molar-refractivity contribution in [1.82, 2.24) is 4.72 Å². The molecule has 0 spiro atoms. The summed E-state index contributed by atoms with van der Waals surface area (Å²) in [5.41, 5.74) is 5.52. The van der Waals surface area contributed by atoms with Gasteiger partial charge in [-0.05, 0) is 58.4 Å². The van der Waals surface area contributed by atoms with Gasteiger partial charge in [-0.2, -0.15) is 0 Å². The number of hydrogen-bond acceptors (Lipinski definition) is 2. The maximum absolute atomic E-state index is 3.56. The van der Waals surface area contributed by atoms with Gasteiger partial charge in [0.1, 0.15) is 0 Å². The van der Waals surface area contributed by atoms with E-state index >= 15 is 0 Å². The van der Waals surface area contributed by atoms with Gasteiger partial charge in [0.2, 0.25) is 0 Å². The van der Waals surface area contributed by atoms with Gasteiger partial charge in [0.25, 0.3) is 0 Å². The van der Waals surface area contributed by atoms with E-state index < -0.39 is 0 Å². The van der Waals surface area contributed by atoms with E-state index in [1.54, 1.807) is 11.9 Å². The van der Waals surface area contributed by atoms with Crippen LogP contribution in [0.2, 0.25) is 0 Å². The summed E-state index contributed by atoms with van der Waals surface area (Å²) in [5.74, 6) is 0. The van der Waals surface area contributed by atoms with Gasteiger partial charge in [0, 0.05) is 0 Å². The number of allylic oxidation sites excluding steroid dienone is 5. The van der Waals surface area contributed by atoms with Crippen LogP contribution in [0.1, 0.15) is 41.0 Å². The molecule has 2 heteroatoms. The van der Waals surface area contributed by atoms with Gasteiger partial charge in [-0.25, -0.2) is 0 Å². The van der Waals surface area contributed by atoms with Crippen molar-refractivity contribution in [1.29, 1.82) is 0 Å². The van der Waals surface area contributed by atoms with Crippen LogP contribution < -0.4 is 4.72 Å². The molecule has 0 aromatic heterocycles. The average molecular weight is 263 g/mol. The Kier molecular flexibility index (Phi) is 5.48. The van der Waals surface area contributed by atoms with Crippen LogP contribution in [0.3, 0.4) is 0 Å². The standard InChI is InChI=1S/C16H25NS/c1-12(2)7-9-14(4)15-10-8-13(3)11-16(15,5)17-18-6/h7-10,17H,11H2,1-6H3/b14-9+. The van der Waals surface area contributed by atoms with Crippen LogP contribution in [-0.4, -0.2) is 11.8 Å². The Bertz CT molecular complexity index is 422. The lowest BCUT2D eigenvalue weighted by molar-refractivity contribution is 0.505. The van der Waals surface area contributed by atoms with Crippen molar-refractivity contribution in [3.63, 3.8) is 0 Å². The molecule has 1 aliphatic rings. The van der Waals surface area contributed by atoms with Gasteiger partial charge in [0.15, 0.2) is 0 Å². The molecule has 1 rings (SSSR count). The lowest BCUT2D eigenvalue weighted by Crippen LogP contribution is -2.41. The second-order valence-corrected chi connectivity index (χ2v) is 6.11. The molecule has 0 aromatic rings. The fraction of sp³-hybridized carbons (Fsp3) is 0.500. The van der Waals surface area contributed by atoms with Gasteiger partial charge in [0.05, 0.1) is 5.54 Å². The average Bonchev–Trinajstić information content (AvgIpc) is 2.25. The first-order valence-corrected chi connectivity index (χ1v) is 7.62. The molecule has 0 radical (unpaired) electrons. The second-order valence-electron chi connectivity index (χ2n) is 5.50. The third kappa shape index (κ3) is 3.89. The van der Waals surface area contributed by atoms with E-state index in [0.717, 1.165) is 6.42 Å². The molecule has 0 amide bonds. The molecule has 1 atom stereocenters. The predicted molar refractivity (Wildman–Crippen MR) is 84.7 cm³/mol. The Morgan fingerprint density at radius 2 is 1.94 bits per heavy atom. The molecule has 1 N–H and O–H groups in total. The topological polar surface area (TPSA) is 12.0 Å². The molecule has 100 valence electrons. The predicted octanol–water partition coefficient (Wildman–Crippen LogP) is 4.80. The van der Waals surface area contributed by atoms with Crippen molar-refractivity contribution < 1.29 is 0 Å². The molecule has 0 aromatic carbocycles. The lowest BCUT2D eigenvalue weighted by atomic mass is 9.79. The Hall–Kier alpha value is -0.730. The highest BCUT2D eigenvalue weighted by Gasteiger charge is 2.31. The molecule has 1 nitrogen and oxygen atoms in total. The van der Waals surface area contributed by atoms with Crippen LogP contribution in [0, 0.1) is 0 Å². The van der Waals surface area contributed by atoms with Crippen molar-refractivity contribution in [2.75, 3.05) is 6.26 Å². The Morgan fingerprint density at radius 3 is 2.50 bits per heavy atom. The zero-order chi connectivity index (χ0) is 13.8. The molecule has 18 heavy (non-hydrogen) atoms. The fourth-order valence-electron chi connectivity index (χ4n) is 2.39. The summed E-state index contributed by atoms with van der Waals surface area (Å²) in [6.45, 7) is 10.9. The van der Waals surface area contributed by atoms with Gasteiger partial charge >= 0.3 is 0 Å². The van der Waals surface area contributed by atoms with Crippen LogP contribution in [0.4, 0.5) is 0 Å². The highest BCUT2D eigenvalue weighted by atomic mass is 32.2. The molecule has 0 bridgehead atoms. The van der Waals surface area contributed by atoms with Gasteiger partial charge in [-0.3, -0.25) is 4.72 Å². The van der Waals surface area contributed by atoms with Crippen molar-refractivity contribution in [2.45, 2.75) is 46.6 Å². The fourth-order valence-corrected chi connectivity index (χ4v) is 3.02. The van der Waals surface area contributed by atoms with Gasteiger partial charge < -0.3 is 0 Å². The highest BCUT2D eigenvalue weighted by Crippen LogP contribution is 2.34. The molecule has 0 saturated heterocycles. The third-order valence-electron chi connectivity index (χ3n) is 3.18. The smallest absolute Gasteiger partial charge is 0.0542 e. The summed E-state index contributed by atoms with van der Waals surface area (Å²) in [7, 11) is 0. The minimum atomic E-state index is 0.0360. The van der Waals surface area contributed by atoms with Crippen molar-refractivity contribution in [2.24, 2.45) is 0 Å². The first-order chi connectivity index (χ1) is 8.39. The normalized spacial score (nSPS) is 24.4. The van der Waals surface area contributed by atoms with E-state index in [0.29, 0.717) is 0 Å². The van der Waals surface area contributed by atoms with Crippen LogP contribution >= 0.6 is 11.9 Å². The molecule has 0 aliphatic heterocycles. The Labute approximate surface area is 116 Å². The largest absolute Gasteiger partial charge is 0.254 e. The van der Waals surface area contributed by atoms with Gasteiger partial charge in [-0.15, -0.1) is 0 Å². The molecule has 0 fully saturated rings. The van der Waals surface area contributed by atoms with Crippen molar-refractivity contribution in [3.05, 3.63) is 46.6 Å². The van der Waals surface area contributed by atoms with Crippen LogP contribution in [0.15, 0.2) is 46.6 Å². The zero-order valence-electron chi connectivity index (χ0n) is 12.4. The quantitative estimate of drug-likeness (QED) is 0.577. The maximum Gasteiger partial charge on any atom is 0.0542 e. The Morgan fingerprint density at radius 1 is 1.28 bits per heavy atom. The van der Waals surface area contributed by atoms with Crippen LogP contribution in [0.5, 0.6) is 0 Å². The summed E-state index contributed by atoms with van der Waals surface area (Å²) < 4.78 is 3.56. The molecular formula is C16H25NS. The zero-order valence-corrected chi connectivity index (χ0v) is 13.2. The Balaban J connectivity index is 3.09. The first kappa shape index (κ1) is 15.3. The summed E-state index contributed by atoms with van der Waals surface area (Å²) >= 11 is 1.69. The van der Waals surface area contributed by atoms with Crippen LogP contribution in [0.25, 0.3) is 0 Å². The number of hydrogen-bond donors (Lipinski definition) is 1. The van der Waals surface area contributed by atoms with Crippen LogP contribution in [-0.2, 0) is 0 Å². The molecule has 1 unspecified atom stereocenters. The summed E-state index contributed by atoms with van der Waals surface area (Å²) in [6.07, 6.45) is 12.0. The first-order valence-electron chi connectivity index (χ1n) is 6.39. The van der Waals surface area contributed by atoms with E-state index in [4.69, 9.17) is 0 Å². The van der Waals surface area contributed by atoms with E-state index in [2.05, 4.69) is 69.9 Å². The summed E-state index contributed by atoms with van der Waals surface area (Å²) in [4.78, 5) is 0. The van der Waals surface area contributed by atoms with E-state index in [-0.39, 0.29) is 5.54 Å². The maximum atomic E-state index is 3.56. The molecule has 0 saturated carbocycles. The van der Waals surface area contributed by atoms with Crippen molar-refractivity contribution >= 4 is 11.9 Å². The lowest BCUT2D eigenvalue weighted by Gasteiger charge is -2.36. The SMILES string of the molecule is CSNC1(C)CC(C)=CC=C1/C(C)=C/C=C(C)C. The molecule has 1 aliphatic carbocycles. The van der Waals surface area contributed by atoms with E-state index in [1.807, 2.05) is 0 Å². The second kappa shape index (κ2) is 6.44. The summed E-state index contributed by atoms with van der Waals surface area (Å²) in [5, 5.41) is 0. The number of nitrogens with one attached hydrogen (secondary N) is 1. The number of rotatable bonds is 4. The summed E-state index contributed by atoms with van der Waals surface area (Å²) in [6, 6.07) is 0. The minimum absolute atomic E-state index is 0.0360. The van der Waals surface area contributed by atoms with E-state index in [1.165, 1.54) is 22.3 Å².